The fraction of sp³-hybridized carbons (Fsp3) is 0.444. The van der Waals surface area contributed by atoms with E-state index in [9.17, 15) is 0 Å². The number of thiol groups is 1. The van der Waals surface area contributed by atoms with Gasteiger partial charge in [-0.1, -0.05) is 11.6 Å². The normalized spacial score (nSPS) is 10.6. The van der Waals surface area contributed by atoms with Crippen LogP contribution in [-0.4, -0.2) is 37.1 Å². The van der Waals surface area contributed by atoms with Crippen LogP contribution in [-0.2, 0) is 0 Å². The highest BCUT2D eigenvalue weighted by Crippen LogP contribution is 2.22. The Morgan fingerprint density at radius 3 is 2.86 bits per heavy atom. The monoisotopic (exact) mass is 232 g/mol. The summed E-state index contributed by atoms with van der Waals surface area (Å²) in [7, 11) is 3.97. The Morgan fingerprint density at radius 2 is 2.29 bits per heavy atom. The van der Waals surface area contributed by atoms with E-state index in [0.717, 1.165) is 6.54 Å². The zero-order valence-electron chi connectivity index (χ0n) is 8.20. The smallest absolute Gasteiger partial charge is 0.227 e. The van der Waals surface area contributed by atoms with Gasteiger partial charge in [-0.3, -0.25) is 0 Å². The Kier molecular flexibility index (Phi) is 4.51. The molecule has 0 aliphatic rings. The minimum Gasteiger partial charge on any atom is -0.476 e. The summed E-state index contributed by atoms with van der Waals surface area (Å²) in [5, 5.41) is 0.565. The van der Waals surface area contributed by atoms with E-state index < -0.39 is 0 Å². The lowest BCUT2D eigenvalue weighted by Crippen LogP contribution is -2.19. The van der Waals surface area contributed by atoms with Crippen LogP contribution in [0, 0.1) is 0 Å². The molecule has 1 aromatic heterocycles. The number of rotatable bonds is 4. The van der Waals surface area contributed by atoms with Gasteiger partial charge in [0.1, 0.15) is 6.61 Å². The second-order valence-electron chi connectivity index (χ2n) is 3.13. The van der Waals surface area contributed by atoms with Crippen LogP contribution in [0.5, 0.6) is 5.88 Å². The topological polar surface area (TPSA) is 25.4 Å². The number of nitrogens with zero attached hydrogens (tertiary/aromatic N) is 2. The third-order valence-electron chi connectivity index (χ3n) is 1.58. The molecule has 14 heavy (non-hydrogen) atoms. The minimum atomic E-state index is 0.527. The molecule has 3 nitrogen and oxygen atoms in total. The maximum atomic E-state index is 5.73. The van der Waals surface area contributed by atoms with Gasteiger partial charge in [0, 0.05) is 12.7 Å². The van der Waals surface area contributed by atoms with Crippen molar-refractivity contribution in [3.63, 3.8) is 0 Å². The lowest BCUT2D eigenvalue weighted by atomic mass is 10.5. The predicted molar refractivity (Wildman–Crippen MR) is 60.5 cm³/mol. The number of hydrogen-bond acceptors (Lipinski definition) is 4. The molecule has 1 rings (SSSR count). The molecule has 0 aromatic carbocycles. The van der Waals surface area contributed by atoms with Gasteiger partial charge in [0.2, 0.25) is 5.88 Å². The number of ether oxygens (including phenoxy) is 1. The highest BCUT2D eigenvalue weighted by atomic mass is 35.5. The van der Waals surface area contributed by atoms with E-state index in [0.29, 0.717) is 22.4 Å². The summed E-state index contributed by atoms with van der Waals surface area (Å²) in [4.78, 5) is 6.72. The summed E-state index contributed by atoms with van der Waals surface area (Å²) in [6, 6.07) is 1.71. The first kappa shape index (κ1) is 11.6. The van der Waals surface area contributed by atoms with Gasteiger partial charge < -0.3 is 9.64 Å². The largest absolute Gasteiger partial charge is 0.476 e. The molecular formula is C9H13ClN2OS. The van der Waals surface area contributed by atoms with Crippen LogP contribution in [0.25, 0.3) is 0 Å². The third kappa shape index (κ3) is 3.74. The predicted octanol–water partition coefficient (Wildman–Crippen LogP) is 1.96. The number of aromatic nitrogens is 1. The van der Waals surface area contributed by atoms with E-state index >= 15 is 0 Å². The van der Waals surface area contributed by atoms with E-state index in [1.807, 2.05) is 19.0 Å². The summed E-state index contributed by atoms with van der Waals surface area (Å²) >= 11 is 9.93. The molecule has 0 fully saturated rings. The quantitative estimate of drug-likeness (QED) is 0.804. The van der Waals surface area contributed by atoms with Crippen LogP contribution < -0.4 is 4.74 Å². The second-order valence-corrected chi connectivity index (χ2v) is 4.05. The van der Waals surface area contributed by atoms with E-state index in [4.69, 9.17) is 16.3 Å². The fourth-order valence-electron chi connectivity index (χ4n) is 0.852. The van der Waals surface area contributed by atoms with Gasteiger partial charge in [-0.25, -0.2) is 4.98 Å². The summed E-state index contributed by atoms with van der Waals surface area (Å²) in [5.41, 5.74) is 0. The molecule has 0 amide bonds. The van der Waals surface area contributed by atoms with Crippen LogP contribution in [0.3, 0.4) is 0 Å². The molecule has 0 saturated heterocycles. The summed E-state index contributed by atoms with van der Waals surface area (Å²) in [6.07, 6.45) is 1.55. The molecule has 0 unspecified atom stereocenters. The zero-order valence-corrected chi connectivity index (χ0v) is 9.85. The van der Waals surface area contributed by atoms with E-state index in [1.54, 1.807) is 12.3 Å². The van der Waals surface area contributed by atoms with Crippen molar-refractivity contribution in [3.05, 3.63) is 17.3 Å². The van der Waals surface area contributed by atoms with Crippen LogP contribution in [0.1, 0.15) is 0 Å². The molecule has 0 atom stereocenters. The summed E-state index contributed by atoms with van der Waals surface area (Å²) < 4.78 is 5.41. The number of likely N-dealkylation sites (N-methyl/N-ethyl adjacent to an activating group) is 1. The average molecular weight is 233 g/mol. The van der Waals surface area contributed by atoms with Gasteiger partial charge in [-0.2, -0.15) is 0 Å². The van der Waals surface area contributed by atoms with Crippen LogP contribution in [0.15, 0.2) is 17.2 Å². The molecule has 78 valence electrons. The van der Waals surface area contributed by atoms with Crippen LogP contribution in [0.4, 0.5) is 0 Å². The number of pyridine rings is 1. The SMILES string of the molecule is CN(C)CCOc1ncc(Cl)cc1S. The van der Waals surface area contributed by atoms with Crippen molar-refractivity contribution in [2.45, 2.75) is 4.90 Å². The minimum absolute atomic E-state index is 0.527. The van der Waals surface area contributed by atoms with Gasteiger partial charge in [-0.05, 0) is 20.2 Å². The molecule has 0 saturated carbocycles. The molecule has 0 radical (unpaired) electrons. The Labute approximate surface area is 94.4 Å². The van der Waals surface area contributed by atoms with Crippen molar-refractivity contribution in [2.24, 2.45) is 0 Å². The van der Waals surface area contributed by atoms with E-state index in [-0.39, 0.29) is 0 Å². The maximum Gasteiger partial charge on any atom is 0.227 e. The highest BCUT2D eigenvalue weighted by molar-refractivity contribution is 7.80. The Bertz CT molecular complexity index is 307. The number of halogens is 1. The highest BCUT2D eigenvalue weighted by Gasteiger charge is 2.02. The Hall–Kier alpha value is -0.450. The molecule has 0 aliphatic carbocycles. The van der Waals surface area contributed by atoms with Gasteiger partial charge in [0.05, 0.1) is 9.92 Å². The van der Waals surface area contributed by atoms with Gasteiger partial charge in [0.15, 0.2) is 0 Å². The lowest BCUT2D eigenvalue weighted by molar-refractivity contribution is 0.249. The molecular weight excluding hydrogens is 220 g/mol. The first-order chi connectivity index (χ1) is 6.59. The number of hydrogen-bond donors (Lipinski definition) is 1. The fourth-order valence-corrected chi connectivity index (χ4v) is 1.35. The van der Waals surface area contributed by atoms with Crippen molar-refractivity contribution in [1.82, 2.24) is 9.88 Å². The Balaban J connectivity index is 2.51. The third-order valence-corrected chi connectivity index (χ3v) is 2.10. The Morgan fingerprint density at radius 1 is 1.57 bits per heavy atom. The van der Waals surface area contributed by atoms with Crippen LogP contribution in [0.2, 0.25) is 5.02 Å². The van der Waals surface area contributed by atoms with E-state index in [1.165, 1.54) is 0 Å². The second kappa shape index (κ2) is 5.44. The molecule has 0 bridgehead atoms. The van der Waals surface area contributed by atoms with Gasteiger partial charge in [-0.15, -0.1) is 12.6 Å². The van der Waals surface area contributed by atoms with Crippen molar-refractivity contribution in [2.75, 3.05) is 27.2 Å². The zero-order chi connectivity index (χ0) is 10.6. The average Bonchev–Trinajstić information content (AvgIpc) is 2.08. The summed E-state index contributed by atoms with van der Waals surface area (Å²) in [6.45, 7) is 1.44. The van der Waals surface area contributed by atoms with Crippen molar-refractivity contribution >= 4 is 24.2 Å². The van der Waals surface area contributed by atoms with E-state index in [2.05, 4.69) is 17.6 Å². The molecule has 1 aromatic rings. The van der Waals surface area contributed by atoms with Crippen molar-refractivity contribution < 1.29 is 4.74 Å². The van der Waals surface area contributed by atoms with Crippen molar-refractivity contribution in [1.29, 1.82) is 0 Å². The van der Waals surface area contributed by atoms with Gasteiger partial charge in [0.25, 0.3) is 0 Å². The van der Waals surface area contributed by atoms with Gasteiger partial charge >= 0.3 is 0 Å². The molecule has 0 spiro atoms. The molecule has 0 aliphatic heterocycles. The summed E-state index contributed by atoms with van der Waals surface area (Å²) in [5.74, 6) is 0.527. The molecule has 0 N–H and O–H groups in total. The van der Waals surface area contributed by atoms with Crippen molar-refractivity contribution in [3.8, 4) is 5.88 Å². The lowest BCUT2D eigenvalue weighted by Gasteiger charge is -2.11. The molecule has 5 heteroatoms. The van der Waals surface area contributed by atoms with Crippen LogP contribution >= 0.6 is 24.2 Å². The first-order valence-electron chi connectivity index (χ1n) is 4.21. The molecule has 1 heterocycles. The first-order valence-corrected chi connectivity index (χ1v) is 5.04. The standard InChI is InChI=1S/C9H13ClN2OS/c1-12(2)3-4-13-9-8(14)5-7(10)6-11-9/h5-6,14H,3-4H2,1-2H3. The maximum absolute atomic E-state index is 5.73.